The molecule has 0 aromatic rings. The van der Waals surface area contributed by atoms with Gasteiger partial charge in [0.2, 0.25) is 5.91 Å². The lowest BCUT2D eigenvalue weighted by atomic mass is 10.0. The van der Waals surface area contributed by atoms with Crippen molar-refractivity contribution in [1.29, 1.82) is 0 Å². The first-order chi connectivity index (χ1) is 7.15. The number of hydrogen-bond acceptors (Lipinski definition) is 3. The Morgan fingerprint density at radius 2 is 2.13 bits per heavy atom. The minimum Gasteiger partial charge on any atom is -0.383 e. The van der Waals surface area contributed by atoms with Crippen molar-refractivity contribution in [2.45, 2.75) is 39.2 Å². The molecule has 0 aromatic carbocycles. The van der Waals surface area contributed by atoms with Crippen LogP contribution in [-0.4, -0.2) is 32.2 Å². The first kappa shape index (κ1) is 14.4. The smallest absolute Gasteiger partial charge is 0.223 e. The molecule has 2 atom stereocenters. The molecular weight excluding hydrogens is 192 g/mol. The van der Waals surface area contributed by atoms with Gasteiger partial charge in [-0.05, 0) is 19.4 Å². The highest BCUT2D eigenvalue weighted by molar-refractivity contribution is 5.78. The van der Waals surface area contributed by atoms with Gasteiger partial charge in [0.05, 0.1) is 12.6 Å². The highest BCUT2D eigenvalue weighted by Crippen LogP contribution is 2.05. The summed E-state index contributed by atoms with van der Waals surface area (Å²) in [5.74, 6) is 0.180. The van der Waals surface area contributed by atoms with Crippen molar-refractivity contribution in [3.05, 3.63) is 0 Å². The van der Waals surface area contributed by atoms with Crippen LogP contribution in [0.2, 0.25) is 0 Å². The van der Waals surface area contributed by atoms with Crippen LogP contribution in [0.4, 0.5) is 0 Å². The minimum absolute atomic E-state index is 0.0480. The third kappa shape index (κ3) is 6.47. The number of rotatable bonds is 8. The van der Waals surface area contributed by atoms with Crippen molar-refractivity contribution < 1.29 is 9.53 Å². The second kappa shape index (κ2) is 8.68. The van der Waals surface area contributed by atoms with Gasteiger partial charge in [-0.1, -0.05) is 20.3 Å². The molecule has 90 valence electrons. The van der Waals surface area contributed by atoms with Gasteiger partial charge in [-0.15, -0.1) is 0 Å². The van der Waals surface area contributed by atoms with E-state index in [2.05, 4.69) is 12.2 Å². The summed E-state index contributed by atoms with van der Waals surface area (Å²) in [5.41, 5.74) is 5.46. The van der Waals surface area contributed by atoms with Gasteiger partial charge in [-0.3, -0.25) is 4.79 Å². The van der Waals surface area contributed by atoms with Gasteiger partial charge in [0, 0.05) is 13.0 Å². The highest BCUT2D eigenvalue weighted by atomic mass is 16.5. The SMILES string of the molecule is CCCC(C)C(=O)NC(CCN)COC. The zero-order valence-corrected chi connectivity index (χ0v) is 10.1. The van der Waals surface area contributed by atoms with E-state index >= 15 is 0 Å². The number of amides is 1. The van der Waals surface area contributed by atoms with Gasteiger partial charge in [0.1, 0.15) is 0 Å². The maximum atomic E-state index is 11.7. The molecule has 0 radical (unpaired) electrons. The van der Waals surface area contributed by atoms with E-state index in [9.17, 15) is 4.79 Å². The normalized spacial score (nSPS) is 14.7. The summed E-state index contributed by atoms with van der Waals surface area (Å²) >= 11 is 0. The van der Waals surface area contributed by atoms with Gasteiger partial charge >= 0.3 is 0 Å². The monoisotopic (exact) mass is 216 g/mol. The van der Waals surface area contributed by atoms with Crippen LogP contribution in [0.1, 0.15) is 33.1 Å². The number of ether oxygens (including phenoxy) is 1. The van der Waals surface area contributed by atoms with Crippen LogP contribution in [-0.2, 0) is 9.53 Å². The molecule has 0 fully saturated rings. The zero-order chi connectivity index (χ0) is 11.7. The standard InChI is InChI=1S/C11H24N2O2/c1-4-5-9(2)11(14)13-10(6-7-12)8-15-3/h9-10H,4-8,12H2,1-3H3,(H,13,14). The molecule has 4 heteroatoms. The molecule has 0 aliphatic carbocycles. The Bertz CT molecular complexity index is 168. The van der Waals surface area contributed by atoms with E-state index in [1.54, 1.807) is 7.11 Å². The molecule has 15 heavy (non-hydrogen) atoms. The fourth-order valence-corrected chi connectivity index (χ4v) is 1.51. The van der Waals surface area contributed by atoms with Crippen LogP contribution in [0, 0.1) is 5.92 Å². The molecule has 0 bridgehead atoms. The highest BCUT2D eigenvalue weighted by Gasteiger charge is 2.16. The van der Waals surface area contributed by atoms with E-state index in [1.165, 1.54) is 0 Å². The number of hydrogen-bond donors (Lipinski definition) is 2. The Hall–Kier alpha value is -0.610. The molecule has 0 heterocycles. The fourth-order valence-electron chi connectivity index (χ4n) is 1.51. The van der Waals surface area contributed by atoms with Crippen molar-refractivity contribution in [3.63, 3.8) is 0 Å². The molecule has 0 rings (SSSR count). The Balaban J connectivity index is 3.97. The maximum Gasteiger partial charge on any atom is 0.223 e. The Labute approximate surface area is 92.6 Å². The van der Waals surface area contributed by atoms with Crippen molar-refractivity contribution >= 4 is 5.91 Å². The van der Waals surface area contributed by atoms with Crippen LogP contribution in [0.15, 0.2) is 0 Å². The van der Waals surface area contributed by atoms with E-state index in [1.807, 2.05) is 6.92 Å². The van der Waals surface area contributed by atoms with Gasteiger partial charge in [0.25, 0.3) is 0 Å². The molecule has 3 N–H and O–H groups in total. The van der Waals surface area contributed by atoms with Gasteiger partial charge < -0.3 is 15.8 Å². The van der Waals surface area contributed by atoms with Gasteiger partial charge in [-0.2, -0.15) is 0 Å². The number of methoxy groups -OCH3 is 1. The predicted octanol–water partition coefficient (Wildman–Crippen LogP) is 0.903. The lowest BCUT2D eigenvalue weighted by Crippen LogP contribution is -2.41. The van der Waals surface area contributed by atoms with Crippen molar-refractivity contribution in [2.75, 3.05) is 20.3 Å². The average molecular weight is 216 g/mol. The zero-order valence-electron chi connectivity index (χ0n) is 10.1. The Morgan fingerprint density at radius 1 is 1.47 bits per heavy atom. The molecule has 0 saturated carbocycles. The van der Waals surface area contributed by atoms with Gasteiger partial charge in [-0.25, -0.2) is 0 Å². The van der Waals surface area contributed by atoms with Crippen LogP contribution in [0.5, 0.6) is 0 Å². The molecule has 0 aliphatic rings. The second-order valence-electron chi connectivity index (χ2n) is 3.93. The average Bonchev–Trinajstić information content (AvgIpc) is 2.18. The van der Waals surface area contributed by atoms with Crippen molar-refractivity contribution in [2.24, 2.45) is 11.7 Å². The van der Waals surface area contributed by atoms with Crippen LogP contribution in [0.3, 0.4) is 0 Å². The predicted molar refractivity (Wildman–Crippen MR) is 61.6 cm³/mol. The van der Waals surface area contributed by atoms with Crippen molar-refractivity contribution in [3.8, 4) is 0 Å². The van der Waals surface area contributed by atoms with E-state index < -0.39 is 0 Å². The number of carbonyl (C=O) groups is 1. The maximum absolute atomic E-state index is 11.7. The molecule has 0 aliphatic heterocycles. The summed E-state index contributed by atoms with van der Waals surface area (Å²) in [4.78, 5) is 11.7. The third-order valence-corrected chi connectivity index (χ3v) is 2.40. The number of nitrogens with two attached hydrogens (primary N) is 1. The third-order valence-electron chi connectivity index (χ3n) is 2.40. The second-order valence-corrected chi connectivity index (χ2v) is 3.93. The number of carbonyl (C=O) groups excluding carboxylic acids is 1. The summed E-state index contributed by atoms with van der Waals surface area (Å²) < 4.78 is 5.03. The number of nitrogens with one attached hydrogen (secondary N) is 1. The lowest BCUT2D eigenvalue weighted by Gasteiger charge is -2.19. The van der Waals surface area contributed by atoms with E-state index in [4.69, 9.17) is 10.5 Å². The lowest BCUT2D eigenvalue weighted by molar-refractivity contribution is -0.125. The first-order valence-electron chi connectivity index (χ1n) is 5.65. The summed E-state index contributed by atoms with van der Waals surface area (Å²) in [7, 11) is 1.63. The first-order valence-corrected chi connectivity index (χ1v) is 5.65. The molecule has 4 nitrogen and oxygen atoms in total. The molecule has 2 unspecified atom stereocenters. The van der Waals surface area contributed by atoms with Crippen LogP contribution in [0.25, 0.3) is 0 Å². The minimum atomic E-state index is 0.0480. The largest absolute Gasteiger partial charge is 0.383 e. The molecular formula is C11H24N2O2. The molecule has 0 spiro atoms. The Kier molecular flexibility index (Phi) is 8.33. The summed E-state index contributed by atoms with van der Waals surface area (Å²) in [6.07, 6.45) is 2.72. The summed E-state index contributed by atoms with van der Waals surface area (Å²) in [5, 5.41) is 2.96. The Morgan fingerprint density at radius 3 is 2.60 bits per heavy atom. The summed E-state index contributed by atoms with van der Waals surface area (Å²) in [6.45, 7) is 5.12. The van der Waals surface area contributed by atoms with Gasteiger partial charge in [0.15, 0.2) is 0 Å². The summed E-state index contributed by atoms with van der Waals surface area (Å²) in [6, 6.07) is 0.0480. The van der Waals surface area contributed by atoms with E-state index in [0.29, 0.717) is 13.2 Å². The topological polar surface area (TPSA) is 64.4 Å². The quantitative estimate of drug-likeness (QED) is 0.633. The molecule has 1 amide bonds. The van der Waals surface area contributed by atoms with Crippen molar-refractivity contribution in [1.82, 2.24) is 5.32 Å². The van der Waals surface area contributed by atoms with E-state index in [-0.39, 0.29) is 17.9 Å². The van der Waals surface area contributed by atoms with E-state index in [0.717, 1.165) is 19.3 Å². The van der Waals surface area contributed by atoms with Crippen LogP contribution < -0.4 is 11.1 Å². The fraction of sp³-hybridized carbons (Fsp3) is 0.909. The van der Waals surface area contributed by atoms with Crippen LogP contribution >= 0.6 is 0 Å². The molecule has 0 saturated heterocycles. The molecule has 0 aromatic heterocycles.